The zero-order valence-electron chi connectivity index (χ0n) is 17.7. The molecule has 5 heteroatoms. The number of benzene rings is 2. The van der Waals surface area contributed by atoms with Crippen molar-refractivity contribution < 1.29 is 14.7 Å². The van der Waals surface area contributed by atoms with Crippen molar-refractivity contribution in [1.82, 2.24) is 4.90 Å². The topological polar surface area (TPSA) is 60.9 Å². The third kappa shape index (κ3) is 4.02. The van der Waals surface area contributed by atoms with Gasteiger partial charge in [-0.2, -0.15) is 0 Å². The fraction of sp³-hybridized carbons (Fsp3) is 0.385. The fourth-order valence-electron chi connectivity index (χ4n) is 4.63. The van der Waals surface area contributed by atoms with Gasteiger partial charge in [-0.15, -0.1) is 0 Å². The van der Waals surface area contributed by atoms with E-state index in [2.05, 4.69) is 29.2 Å². The van der Waals surface area contributed by atoms with Gasteiger partial charge in [0, 0.05) is 37.4 Å². The zero-order chi connectivity index (χ0) is 21.4. The van der Waals surface area contributed by atoms with Crippen LogP contribution < -0.4 is 4.90 Å². The van der Waals surface area contributed by atoms with E-state index in [0.29, 0.717) is 49.9 Å². The number of hydrogen-bond donors (Lipinski definition) is 1. The summed E-state index contributed by atoms with van der Waals surface area (Å²) in [6.07, 6.45) is 5.21. The predicted octanol–water partition coefficient (Wildman–Crippen LogP) is 3.51. The number of rotatable bonds is 4. The molecule has 0 unspecified atom stereocenters. The molecule has 0 saturated heterocycles. The summed E-state index contributed by atoms with van der Waals surface area (Å²) in [4.78, 5) is 29.6. The van der Waals surface area contributed by atoms with Crippen LogP contribution in [0.15, 0.2) is 60.2 Å². The standard InChI is InChI=1S/C26H28N2O3/c29-24(26(31)13-14-26)20-6-3-15-27(16-12-20)25(30)21-7-9-23(10-8-21)28-17-11-19-4-1-2-5-22(19)18-28/h1-2,4-10,31H,3,11-18H2. The number of hydrogen-bond acceptors (Lipinski definition) is 4. The van der Waals surface area contributed by atoms with E-state index in [9.17, 15) is 14.7 Å². The molecule has 5 rings (SSSR count). The maximum atomic E-state index is 13.0. The van der Waals surface area contributed by atoms with Crippen molar-refractivity contribution in [3.8, 4) is 0 Å². The molecule has 1 amide bonds. The number of carbonyl (C=O) groups is 2. The van der Waals surface area contributed by atoms with Gasteiger partial charge in [0.15, 0.2) is 5.78 Å². The number of ketones is 1. The van der Waals surface area contributed by atoms with E-state index in [4.69, 9.17) is 0 Å². The van der Waals surface area contributed by atoms with Crippen molar-refractivity contribution in [2.45, 2.75) is 44.2 Å². The second-order valence-electron chi connectivity index (χ2n) is 8.91. The molecule has 31 heavy (non-hydrogen) atoms. The van der Waals surface area contributed by atoms with E-state index in [0.717, 1.165) is 25.2 Å². The molecule has 2 heterocycles. The van der Waals surface area contributed by atoms with Crippen LogP contribution in [0.3, 0.4) is 0 Å². The lowest BCUT2D eigenvalue weighted by atomic mass is 9.99. The Balaban J connectivity index is 1.22. The Bertz CT molecular complexity index is 1040. The van der Waals surface area contributed by atoms with E-state index in [-0.39, 0.29) is 11.7 Å². The van der Waals surface area contributed by atoms with Gasteiger partial charge in [-0.05, 0) is 73.1 Å². The molecule has 1 saturated carbocycles. The molecule has 5 nitrogen and oxygen atoms in total. The quantitative estimate of drug-likeness (QED) is 0.829. The first-order valence-corrected chi connectivity index (χ1v) is 11.2. The van der Waals surface area contributed by atoms with E-state index >= 15 is 0 Å². The molecular formula is C26H28N2O3. The van der Waals surface area contributed by atoms with Crippen LogP contribution in [-0.2, 0) is 17.8 Å². The molecule has 2 aromatic rings. The van der Waals surface area contributed by atoms with E-state index < -0.39 is 5.60 Å². The summed E-state index contributed by atoms with van der Waals surface area (Å²) in [5, 5.41) is 10.1. The maximum Gasteiger partial charge on any atom is 0.253 e. The van der Waals surface area contributed by atoms with Crippen LogP contribution in [0.1, 0.15) is 47.2 Å². The van der Waals surface area contributed by atoms with Crippen LogP contribution in [0.25, 0.3) is 0 Å². The summed E-state index contributed by atoms with van der Waals surface area (Å²) in [6, 6.07) is 16.5. The molecule has 2 aromatic carbocycles. The Morgan fingerprint density at radius 3 is 2.35 bits per heavy atom. The van der Waals surface area contributed by atoms with Crippen LogP contribution in [-0.4, -0.2) is 46.9 Å². The van der Waals surface area contributed by atoms with Crippen molar-refractivity contribution in [1.29, 1.82) is 0 Å². The van der Waals surface area contributed by atoms with Crippen molar-refractivity contribution in [2.24, 2.45) is 0 Å². The molecule has 0 radical (unpaired) electrons. The molecule has 0 aromatic heterocycles. The Labute approximate surface area is 183 Å². The number of Topliss-reactive ketones (excluding diaryl/α,β-unsaturated/α-hetero) is 1. The Hall–Kier alpha value is -2.92. The van der Waals surface area contributed by atoms with Crippen LogP contribution in [0.4, 0.5) is 5.69 Å². The summed E-state index contributed by atoms with van der Waals surface area (Å²) < 4.78 is 0. The van der Waals surface area contributed by atoms with Gasteiger partial charge in [0.2, 0.25) is 0 Å². The average molecular weight is 417 g/mol. The monoisotopic (exact) mass is 416 g/mol. The Morgan fingerprint density at radius 1 is 0.871 bits per heavy atom. The first-order chi connectivity index (χ1) is 15.0. The highest BCUT2D eigenvalue weighted by molar-refractivity contribution is 6.03. The second-order valence-corrected chi connectivity index (χ2v) is 8.91. The SMILES string of the molecule is O=C(c1ccc(N2CCc3ccccc3C2)cc1)N1CCC=C(C(=O)C2(O)CC2)CC1. The summed E-state index contributed by atoms with van der Waals surface area (Å²) in [6.45, 7) is 2.98. The lowest BCUT2D eigenvalue weighted by Gasteiger charge is -2.31. The summed E-state index contributed by atoms with van der Waals surface area (Å²) in [7, 11) is 0. The lowest BCUT2D eigenvalue weighted by molar-refractivity contribution is -0.125. The molecule has 1 aliphatic carbocycles. The largest absolute Gasteiger partial charge is 0.382 e. The first-order valence-electron chi connectivity index (χ1n) is 11.2. The van der Waals surface area contributed by atoms with Crippen molar-refractivity contribution in [2.75, 3.05) is 24.5 Å². The third-order valence-electron chi connectivity index (χ3n) is 6.78. The third-order valence-corrected chi connectivity index (χ3v) is 6.78. The molecule has 0 spiro atoms. The highest BCUT2D eigenvalue weighted by Crippen LogP contribution is 2.39. The maximum absolute atomic E-state index is 13.0. The predicted molar refractivity (Wildman–Crippen MR) is 120 cm³/mol. The zero-order valence-corrected chi connectivity index (χ0v) is 17.7. The van der Waals surface area contributed by atoms with Crippen LogP contribution in [0.2, 0.25) is 0 Å². The number of nitrogens with zero attached hydrogens (tertiary/aromatic N) is 2. The second kappa shape index (κ2) is 7.97. The van der Waals surface area contributed by atoms with Gasteiger partial charge >= 0.3 is 0 Å². The molecule has 1 N–H and O–H groups in total. The normalized spacial score (nSPS) is 19.8. The highest BCUT2D eigenvalue weighted by Gasteiger charge is 2.48. The van der Waals surface area contributed by atoms with E-state index in [1.165, 1.54) is 11.1 Å². The van der Waals surface area contributed by atoms with Gasteiger partial charge in [-0.25, -0.2) is 0 Å². The number of anilines is 1. The minimum Gasteiger partial charge on any atom is -0.382 e. The van der Waals surface area contributed by atoms with Gasteiger partial charge in [0.05, 0.1) is 0 Å². The number of carbonyl (C=O) groups excluding carboxylic acids is 2. The molecule has 1 fully saturated rings. The van der Waals surface area contributed by atoms with Crippen molar-refractivity contribution >= 4 is 17.4 Å². The van der Waals surface area contributed by atoms with Crippen LogP contribution >= 0.6 is 0 Å². The molecular weight excluding hydrogens is 388 g/mol. The van der Waals surface area contributed by atoms with Gasteiger partial charge in [-0.1, -0.05) is 30.3 Å². The van der Waals surface area contributed by atoms with Crippen LogP contribution in [0.5, 0.6) is 0 Å². The van der Waals surface area contributed by atoms with E-state index in [1.807, 2.05) is 35.2 Å². The number of amides is 1. The Morgan fingerprint density at radius 2 is 1.61 bits per heavy atom. The van der Waals surface area contributed by atoms with Gasteiger partial charge < -0.3 is 14.9 Å². The molecule has 160 valence electrons. The van der Waals surface area contributed by atoms with Crippen molar-refractivity contribution in [3.05, 3.63) is 76.9 Å². The van der Waals surface area contributed by atoms with E-state index in [1.54, 1.807) is 0 Å². The van der Waals surface area contributed by atoms with Gasteiger partial charge in [-0.3, -0.25) is 9.59 Å². The Kier molecular flexibility index (Phi) is 5.14. The molecule has 0 atom stereocenters. The van der Waals surface area contributed by atoms with Crippen LogP contribution in [0, 0.1) is 0 Å². The smallest absolute Gasteiger partial charge is 0.253 e. The fourth-order valence-corrected chi connectivity index (χ4v) is 4.63. The van der Waals surface area contributed by atoms with Gasteiger partial charge in [0.25, 0.3) is 5.91 Å². The summed E-state index contributed by atoms with van der Waals surface area (Å²) in [5.41, 5.74) is 4.15. The molecule has 0 bridgehead atoms. The highest BCUT2D eigenvalue weighted by atomic mass is 16.3. The lowest BCUT2D eigenvalue weighted by Crippen LogP contribution is -2.33. The molecule has 2 aliphatic heterocycles. The average Bonchev–Trinajstić information content (AvgIpc) is 3.61. The van der Waals surface area contributed by atoms with Gasteiger partial charge in [0.1, 0.15) is 5.60 Å². The number of aliphatic hydroxyl groups is 1. The van der Waals surface area contributed by atoms with Crippen molar-refractivity contribution in [3.63, 3.8) is 0 Å². The number of fused-ring (bicyclic) bond motifs is 1. The first kappa shape index (κ1) is 20.0. The minimum absolute atomic E-state index is 0.00257. The molecule has 3 aliphatic rings. The summed E-state index contributed by atoms with van der Waals surface area (Å²) in [5.74, 6) is -0.142. The summed E-state index contributed by atoms with van der Waals surface area (Å²) >= 11 is 0. The minimum atomic E-state index is -1.13.